The van der Waals surface area contributed by atoms with E-state index in [9.17, 15) is 14.7 Å². The number of ether oxygens (including phenoxy) is 2. The molecule has 0 spiro atoms. The Kier molecular flexibility index (Phi) is 6.92. The van der Waals surface area contributed by atoms with Gasteiger partial charge in [0.1, 0.15) is 24.2 Å². The minimum Gasteiger partial charge on any atom is -0.497 e. The molecule has 3 aromatic heterocycles. The smallest absolute Gasteiger partial charge is 0.332 e. The third kappa shape index (κ3) is 5.06. The lowest BCUT2D eigenvalue weighted by Crippen LogP contribution is -2.38. The standard InChI is InChI=1S/C23H25N7O5/c1-28-20-19(21(32)29(2)23(28)33)30(22(26-20)27-25-12-15-5-4-10-24-11-15)13-16(31)14-35-18-8-6-17(34-3)7-9-18/h4-12,16,31H,13-14H2,1-3H3,(H,26,27)/b25-12-/t16-/m0/s1. The zero-order valence-electron chi connectivity index (χ0n) is 19.5. The van der Waals surface area contributed by atoms with Crippen LogP contribution < -0.4 is 26.1 Å². The van der Waals surface area contributed by atoms with E-state index < -0.39 is 17.4 Å². The van der Waals surface area contributed by atoms with Gasteiger partial charge >= 0.3 is 5.69 Å². The van der Waals surface area contributed by atoms with Gasteiger partial charge in [0.2, 0.25) is 5.95 Å². The summed E-state index contributed by atoms with van der Waals surface area (Å²) < 4.78 is 14.5. The Morgan fingerprint density at radius 3 is 2.57 bits per heavy atom. The number of hydrogen-bond acceptors (Lipinski definition) is 9. The number of aromatic nitrogens is 5. The molecule has 2 N–H and O–H groups in total. The minimum absolute atomic E-state index is 0.0369. The quantitative estimate of drug-likeness (QED) is 0.265. The van der Waals surface area contributed by atoms with Crippen LogP contribution in [0.5, 0.6) is 11.5 Å². The monoisotopic (exact) mass is 479 g/mol. The Labute approximate surface area is 199 Å². The SMILES string of the molecule is COc1ccc(OC[C@@H](O)Cn2c(N/N=C\c3cccnc3)nc3c2c(=O)n(C)c(=O)n3C)cc1. The maximum atomic E-state index is 12.9. The molecule has 4 aromatic rings. The highest BCUT2D eigenvalue weighted by molar-refractivity contribution is 5.80. The van der Waals surface area contributed by atoms with Gasteiger partial charge in [-0.25, -0.2) is 10.2 Å². The van der Waals surface area contributed by atoms with Crippen LogP contribution >= 0.6 is 0 Å². The number of pyridine rings is 1. The highest BCUT2D eigenvalue weighted by Crippen LogP contribution is 2.19. The number of aryl methyl sites for hydroxylation is 1. The van der Waals surface area contributed by atoms with E-state index in [0.29, 0.717) is 11.5 Å². The van der Waals surface area contributed by atoms with Crippen molar-refractivity contribution in [1.82, 2.24) is 23.7 Å². The van der Waals surface area contributed by atoms with Crippen LogP contribution in [0.15, 0.2) is 63.5 Å². The molecule has 3 heterocycles. The van der Waals surface area contributed by atoms with Crippen molar-refractivity contribution in [1.29, 1.82) is 0 Å². The molecule has 1 atom stereocenters. The highest BCUT2D eigenvalue weighted by atomic mass is 16.5. The Morgan fingerprint density at radius 1 is 1.14 bits per heavy atom. The van der Waals surface area contributed by atoms with Gasteiger partial charge in [0.25, 0.3) is 5.56 Å². The molecule has 1 aromatic carbocycles. The molecule has 182 valence electrons. The minimum atomic E-state index is -1.00. The van der Waals surface area contributed by atoms with Crippen LogP contribution in [0.25, 0.3) is 11.2 Å². The number of benzene rings is 1. The lowest BCUT2D eigenvalue weighted by molar-refractivity contribution is 0.0938. The summed E-state index contributed by atoms with van der Waals surface area (Å²) in [5, 5.41) is 14.9. The highest BCUT2D eigenvalue weighted by Gasteiger charge is 2.21. The maximum absolute atomic E-state index is 12.9. The van der Waals surface area contributed by atoms with Crippen molar-refractivity contribution < 1.29 is 14.6 Å². The van der Waals surface area contributed by atoms with E-state index >= 15 is 0 Å². The summed E-state index contributed by atoms with van der Waals surface area (Å²) in [6, 6.07) is 10.5. The third-order valence-electron chi connectivity index (χ3n) is 5.31. The summed E-state index contributed by atoms with van der Waals surface area (Å²) in [5.74, 6) is 1.42. The summed E-state index contributed by atoms with van der Waals surface area (Å²) >= 11 is 0. The molecule has 0 unspecified atom stereocenters. The van der Waals surface area contributed by atoms with Gasteiger partial charge in [-0.2, -0.15) is 10.1 Å². The Morgan fingerprint density at radius 2 is 1.89 bits per heavy atom. The van der Waals surface area contributed by atoms with Crippen molar-refractivity contribution in [2.45, 2.75) is 12.6 Å². The summed E-state index contributed by atoms with van der Waals surface area (Å²) in [5.41, 5.74) is 2.82. The second-order valence-electron chi connectivity index (χ2n) is 7.72. The number of rotatable bonds is 9. The average Bonchev–Trinajstić information content (AvgIpc) is 3.24. The number of fused-ring (bicyclic) bond motifs is 1. The van der Waals surface area contributed by atoms with E-state index in [4.69, 9.17) is 9.47 Å². The number of aliphatic hydroxyl groups is 1. The van der Waals surface area contributed by atoms with E-state index in [1.54, 1.807) is 49.8 Å². The molecule has 0 amide bonds. The van der Waals surface area contributed by atoms with E-state index in [2.05, 4.69) is 20.5 Å². The largest absolute Gasteiger partial charge is 0.497 e. The number of nitrogens with zero attached hydrogens (tertiary/aromatic N) is 6. The lowest BCUT2D eigenvalue weighted by Gasteiger charge is -2.15. The van der Waals surface area contributed by atoms with Gasteiger partial charge in [-0.05, 0) is 30.3 Å². The number of hydrogen-bond donors (Lipinski definition) is 2. The van der Waals surface area contributed by atoms with Crippen molar-refractivity contribution in [3.63, 3.8) is 0 Å². The van der Waals surface area contributed by atoms with Crippen LogP contribution in [-0.2, 0) is 20.6 Å². The molecular weight excluding hydrogens is 454 g/mol. The first kappa shape index (κ1) is 23.7. The molecule has 0 aliphatic carbocycles. The molecular formula is C23H25N7O5. The van der Waals surface area contributed by atoms with Crippen LogP contribution in [-0.4, -0.2) is 54.8 Å². The lowest BCUT2D eigenvalue weighted by atomic mass is 10.3. The molecule has 35 heavy (non-hydrogen) atoms. The summed E-state index contributed by atoms with van der Waals surface area (Å²) in [4.78, 5) is 33.8. The molecule has 12 heteroatoms. The van der Waals surface area contributed by atoms with Gasteiger partial charge in [0.15, 0.2) is 11.2 Å². The van der Waals surface area contributed by atoms with Gasteiger partial charge in [-0.1, -0.05) is 6.07 Å². The average molecular weight is 479 g/mol. The van der Waals surface area contributed by atoms with Gasteiger partial charge in [0.05, 0.1) is 19.9 Å². The van der Waals surface area contributed by atoms with E-state index in [0.717, 1.165) is 10.1 Å². The Hall–Kier alpha value is -4.45. The predicted molar refractivity (Wildman–Crippen MR) is 130 cm³/mol. The number of methoxy groups -OCH3 is 1. The molecule has 0 saturated heterocycles. The topological polar surface area (TPSA) is 138 Å². The number of imidazole rings is 1. The number of nitrogens with one attached hydrogen (secondary N) is 1. The van der Waals surface area contributed by atoms with Gasteiger partial charge < -0.3 is 19.1 Å². The Balaban J connectivity index is 1.62. The molecule has 0 radical (unpaired) electrons. The second-order valence-corrected chi connectivity index (χ2v) is 7.72. The molecule has 12 nitrogen and oxygen atoms in total. The fraction of sp³-hybridized carbons (Fsp3) is 0.261. The zero-order chi connectivity index (χ0) is 24.9. The number of hydrazone groups is 1. The van der Waals surface area contributed by atoms with E-state index in [1.807, 2.05) is 6.07 Å². The fourth-order valence-corrected chi connectivity index (χ4v) is 3.45. The second kappa shape index (κ2) is 10.2. The van der Waals surface area contributed by atoms with Crippen molar-refractivity contribution in [2.75, 3.05) is 19.1 Å². The van der Waals surface area contributed by atoms with Crippen LogP contribution in [0.1, 0.15) is 5.56 Å². The zero-order valence-corrected chi connectivity index (χ0v) is 19.5. The van der Waals surface area contributed by atoms with E-state index in [-0.39, 0.29) is 30.3 Å². The van der Waals surface area contributed by atoms with Crippen LogP contribution in [0, 0.1) is 0 Å². The molecule has 0 aliphatic rings. The van der Waals surface area contributed by atoms with Crippen molar-refractivity contribution in [2.24, 2.45) is 19.2 Å². The van der Waals surface area contributed by atoms with Crippen molar-refractivity contribution >= 4 is 23.3 Å². The van der Waals surface area contributed by atoms with Crippen molar-refractivity contribution in [3.8, 4) is 11.5 Å². The predicted octanol–water partition coefficient (Wildman–Crippen LogP) is 0.723. The fourth-order valence-electron chi connectivity index (χ4n) is 3.45. The Bertz CT molecular complexity index is 1460. The maximum Gasteiger partial charge on any atom is 0.332 e. The first-order chi connectivity index (χ1) is 16.9. The first-order valence-corrected chi connectivity index (χ1v) is 10.7. The van der Waals surface area contributed by atoms with Crippen LogP contribution in [0.3, 0.4) is 0 Å². The van der Waals surface area contributed by atoms with E-state index in [1.165, 1.54) is 29.4 Å². The molecule has 0 fully saturated rings. The number of aliphatic hydroxyl groups excluding tert-OH is 1. The van der Waals surface area contributed by atoms with Gasteiger partial charge in [-0.15, -0.1) is 0 Å². The van der Waals surface area contributed by atoms with Gasteiger partial charge in [0, 0.05) is 32.1 Å². The van der Waals surface area contributed by atoms with Gasteiger partial charge in [-0.3, -0.25) is 18.9 Å². The normalized spacial score (nSPS) is 12.2. The molecule has 0 aliphatic heterocycles. The van der Waals surface area contributed by atoms with Crippen LogP contribution in [0.4, 0.5) is 5.95 Å². The third-order valence-corrected chi connectivity index (χ3v) is 5.31. The molecule has 0 bridgehead atoms. The summed E-state index contributed by atoms with van der Waals surface area (Å²) in [6.07, 6.45) is 3.82. The molecule has 0 saturated carbocycles. The summed E-state index contributed by atoms with van der Waals surface area (Å²) in [6.45, 7) is -0.0820. The van der Waals surface area contributed by atoms with Crippen LogP contribution in [0.2, 0.25) is 0 Å². The number of anilines is 1. The van der Waals surface area contributed by atoms with Crippen molar-refractivity contribution in [3.05, 3.63) is 75.2 Å². The first-order valence-electron chi connectivity index (χ1n) is 10.7. The molecule has 4 rings (SSSR count). The summed E-state index contributed by atoms with van der Waals surface area (Å²) in [7, 11) is 4.48.